The zero-order valence-corrected chi connectivity index (χ0v) is 15.6. The van der Waals surface area contributed by atoms with Crippen LogP contribution in [0.25, 0.3) is 16.7 Å². The summed E-state index contributed by atoms with van der Waals surface area (Å²) in [6, 6.07) is 22.9. The molecule has 4 nitrogen and oxygen atoms in total. The van der Waals surface area contributed by atoms with Crippen molar-refractivity contribution in [1.29, 1.82) is 0 Å². The Labute approximate surface area is 157 Å². The van der Waals surface area contributed by atoms with E-state index in [-0.39, 0.29) is 0 Å². The van der Waals surface area contributed by atoms with Crippen LogP contribution in [0, 0.1) is 6.92 Å². The van der Waals surface area contributed by atoms with E-state index < -0.39 is 0 Å². The minimum Gasteiger partial charge on any atom is -0.388 e. The fraction of sp³-hybridized carbons (Fsp3) is 0.143. The Morgan fingerprint density at radius 2 is 1.81 bits per heavy atom. The molecule has 4 aromatic rings. The Bertz CT molecular complexity index is 1050. The van der Waals surface area contributed by atoms with Crippen LogP contribution in [0.1, 0.15) is 11.1 Å². The summed E-state index contributed by atoms with van der Waals surface area (Å²) in [4.78, 5) is 1.28. The van der Waals surface area contributed by atoms with Crippen molar-refractivity contribution in [1.82, 2.24) is 15.0 Å². The molecule has 0 aliphatic rings. The van der Waals surface area contributed by atoms with Gasteiger partial charge in [-0.2, -0.15) is 0 Å². The van der Waals surface area contributed by atoms with Crippen LogP contribution < -0.4 is 5.32 Å². The highest BCUT2D eigenvalue weighted by atomic mass is 32.2. The lowest BCUT2D eigenvalue weighted by atomic mass is 10.2. The summed E-state index contributed by atoms with van der Waals surface area (Å²) >= 11 is 1.85. The van der Waals surface area contributed by atoms with Gasteiger partial charge in [0.1, 0.15) is 5.52 Å². The quantitative estimate of drug-likeness (QED) is 0.505. The Balaban J connectivity index is 1.58. The lowest BCUT2D eigenvalue weighted by Gasteiger charge is -2.11. The molecule has 0 bridgehead atoms. The van der Waals surface area contributed by atoms with E-state index in [9.17, 15) is 0 Å². The number of nitrogens with one attached hydrogen (secondary N) is 1. The van der Waals surface area contributed by atoms with Crippen LogP contribution in [-0.4, -0.2) is 22.0 Å². The number of para-hydroxylation sites is 2. The average molecular weight is 360 g/mol. The van der Waals surface area contributed by atoms with Gasteiger partial charge in [0, 0.05) is 23.4 Å². The zero-order chi connectivity index (χ0) is 17.9. The molecule has 0 spiro atoms. The summed E-state index contributed by atoms with van der Waals surface area (Å²) in [5.41, 5.74) is 6.71. The highest BCUT2D eigenvalue weighted by Crippen LogP contribution is 2.30. The van der Waals surface area contributed by atoms with E-state index >= 15 is 0 Å². The third kappa shape index (κ3) is 3.18. The van der Waals surface area contributed by atoms with Crippen LogP contribution >= 0.6 is 11.8 Å². The van der Waals surface area contributed by atoms with Crippen molar-refractivity contribution in [3.05, 3.63) is 77.9 Å². The van der Waals surface area contributed by atoms with Gasteiger partial charge in [0.25, 0.3) is 0 Å². The second-order valence-electron chi connectivity index (χ2n) is 6.14. The summed E-state index contributed by atoms with van der Waals surface area (Å²) in [6.07, 6.45) is 0. The Morgan fingerprint density at radius 3 is 2.65 bits per heavy atom. The Hall–Kier alpha value is -2.79. The van der Waals surface area contributed by atoms with Crippen molar-refractivity contribution < 1.29 is 0 Å². The zero-order valence-electron chi connectivity index (χ0n) is 14.8. The van der Waals surface area contributed by atoms with Gasteiger partial charge in [0.2, 0.25) is 0 Å². The maximum Gasteiger partial charge on any atom is 0.113 e. The molecule has 3 aromatic carbocycles. The number of aromatic nitrogens is 3. The minimum absolute atomic E-state index is 0.910. The molecule has 0 saturated carbocycles. The summed E-state index contributed by atoms with van der Waals surface area (Å²) in [5.74, 6) is 0.934. The second kappa shape index (κ2) is 7.22. The predicted octanol–water partition coefficient (Wildman–Crippen LogP) is 5.06. The molecule has 0 unspecified atom stereocenters. The average Bonchev–Trinajstić information content (AvgIpc) is 3.11. The smallest absolute Gasteiger partial charge is 0.113 e. The van der Waals surface area contributed by atoms with Crippen molar-refractivity contribution in [3.63, 3.8) is 0 Å². The van der Waals surface area contributed by atoms with Gasteiger partial charge in [0.15, 0.2) is 0 Å². The first-order valence-corrected chi connectivity index (χ1v) is 9.55. The van der Waals surface area contributed by atoms with E-state index in [1.54, 1.807) is 0 Å². The van der Waals surface area contributed by atoms with Crippen LogP contribution in [-0.2, 0) is 5.75 Å². The second-order valence-corrected chi connectivity index (χ2v) is 7.15. The van der Waals surface area contributed by atoms with Gasteiger partial charge in [-0.3, -0.25) is 0 Å². The molecule has 1 heterocycles. The minimum atomic E-state index is 0.910. The first kappa shape index (κ1) is 16.7. The third-order valence-electron chi connectivity index (χ3n) is 4.42. The molecular formula is C21H20N4S. The van der Waals surface area contributed by atoms with Gasteiger partial charge >= 0.3 is 0 Å². The molecule has 26 heavy (non-hydrogen) atoms. The lowest BCUT2D eigenvalue weighted by Crippen LogP contribution is -1.98. The van der Waals surface area contributed by atoms with Gasteiger partial charge in [-0.25, -0.2) is 4.68 Å². The largest absolute Gasteiger partial charge is 0.388 e. The molecule has 0 aliphatic heterocycles. The highest BCUT2D eigenvalue weighted by Gasteiger charge is 2.09. The van der Waals surface area contributed by atoms with E-state index in [0.717, 1.165) is 22.5 Å². The number of fused-ring (bicyclic) bond motifs is 1. The maximum atomic E-state index is 4.30. The van der Waals surface area contributed by atoms with E-state index in [1.807, 2.05) is 47.8 Å². The molecular weight excluding hydrogens is 340 g/mol. The van der Waals surface area contributed by atoms with Crippen LogP contribution in [0.4, 0.5) is 5.69 Å². The molecule has 1 N–H and O–H groups in total. The van der Waals surface area contributed by atoms with E-state index in [0.29, 0.717) is 0 Å². The molecule has 4 rings (SSSR count). The van der Waals surface area contributed by atoms with E-state index in [1.165, 1.54) is 21.7 Å². The number of hydrogen-bond acceptors (Lipinski definition) is 4. The standard InChI is InChI=1S/C21H20N4S/c1-15-13-17(25-20-10-6-5-9-19(20)23-24-25)11-12-21(15)26-14-16-7-3-4-8-18(16)22-2/h3-13,22H,14H2,1-2H3. The molecule has 0 aliphatic carbocycles. The molecule has 130 valence electrons. The molecule has 0 fully saturated rings. The van der Waals surface area contributed by atoms with Crippen LogP contribution in [0.5, 0.6) is 0 Å². The number of aryl methyl sites for hydroxylation is 1. The predicted molar refractivity (Wildman–Crippen MR) is 109 cm³/mol. The number of anilines is 1. The first-order chi connectivity index (χ1) is 12.8. The fourth-order valence-corrected chi connectivity index (χ4v) is 4.05. The first-order valence-electron chi connectivity index (χ1n) is 8.56. The molecule has 0 radical (unpaired) electrons. The monoisotopic (exact) mass is 360 g/mol. The van der Waals surface area contributed by atoms with Crippen LogP contribution in [0.15, 0.2) is 71.6 Å². The van der Waals surface area contributed by atoms with E-state index in [2.05, 4.69) is 65.0 Å². The number of rotatable bonds is 5. The Kier molecular flexibility index (Phi) is 4.63. The SMILES string of the molecule is CNc1ccccc1CSc1ccc(-n2nnc3ccccc32)cc1C. The summed E-state index contributed by atoms with van der Waals surface area (Å²) in [7, 11) is 1.96. The number of nitrogens with zero attached hydrogens (tertiary/aromatic N) is 3. The number of benzene rings is 3. The maximum absolute atomic E-state index is 4.30. The Morgan fingerprint density at radius 1 is 1.00 bits per heavy atom. The highest BCUT2D eigenvalue weighted by molar-refractivity contribution is 7.98. The number of thioether (sulfide) groups is 1. The summed E-state index contributed by atoms with van der Waals surface area (Å²) in [5, 5.41) is 11.8. The van der Waals surface area contributed by atoms with Gasteiger partial charge in [-0.15, -0.1) is 16.9 Å². The van der Waals surface area contributed by atoms with Crippen molar-refractivity contribution in [3.8, 4) is 5.69 Å². The fourth-order valence-electron chi connectivity index (χ4n) is 3.03. The van der Waals surface area contributed by atoms with Crippen LogP contribution in [0.2, 0.25) is 0 Å². The summed E-state index contributed by atoms with van der Waals surface area (Å²) < 4.78 is 1.90. The normalized spacial score (nSPS) is 11.0. The molecule has 0 amide bonds. The topological polar surface area (TPSA) is 42.7 Å². The van der Waals surface area contributed by atoms with Gasteiger partial charge in [-0.1, -0.05) is 35.5 Å². The van der Waals surface area contributed by atoms with E-state index in [4.69, 9.17) is 0 Å². The van der Waals surface area contributed by atoms with Crippen molar-refractivity contribution >= 4 is 28.5 Å². The lowest BCUT2D eigenvalue weighted by molar-refractivity contribution is 0.822. The van der Waals surface area contributed by atoms with Crippen molar-refractivity contribution in [2.75, 3.05) is 12.4 Å². The summed E-state index contributed by atoms with van der Waals surface area (Å²) in [6.45, 7) is 2.15. The van der Waals surface area contributed by atoms with Crippen LogP contribution in [0.3, 0.4) is 0 Å². The van der Waals surface area contributed by atoms with Gasteiger partial charge < -0.3 is 5.32 Å². The van der Waals surface area contributed by atoms with Crippen molar-refractivity contribution in [2.45, 2.75) is 17.6 Å². The van der Waals surface area contributed by atoms with Gasteiger partial charge in [-0.05, 0) is 54.4 Å². The number of hydrogen-bond donors (Lipinski definition) is 1. The molecule has 0 saturated heterocycles. The third-order valence-corrected chi connectivity index (χ3v) is 5.65. The molecule has 5 heteroatoms. The molecule has 0 atom stereocenters. The van der Waals surface area contributed by atoms with Gasteiger partial charge in [0.05, 0.1) is 11.2 Å². The van der Waals surface area contributed by atoms with Crippen molar-refractivity contribution in [2.24, 2.45) is 0 Å². The molecule has 1 aromatic heterocycles.